The van der Waals surface area contributed by atoms with Gasteiger partial charge < -0.3 is 15.4 Å². The molecule has 4 heteroatoms. The van der Waals surface area contributed by atoms with Crippen LogP contribution >= 0.6 is 0 Å². The zero-order valence-electron chi connectivity index (χ0n) is 16.5. The van der Waals surface area contributed by atoms with Crippen LogP contribution < -0.4 is 5.73 Å². The van der Waals surface area contributed by atoms with E-state index < -0.39 is 5.54 Å². The third-order valence-corrected chi connectivity index (χ3v) is 5.27. The van der Waals surface area contributed by atoms with Crippen molar-refractivity contribution < 1.29 is 9.90 Å². The Morgan fingerprint density at radius 3 is 2.54 bits per heavy atom. The smallest absolute Gasteiger partial charge is 0.179 e. The third-order valence-electron chi connectivity index (χ3n) is 5.27. The molecule has 1 heterocycles. The van der Waals surface area contributed by atoms with Gasteiger partial charge in [0.1, 0.15) is 0 Å². The Morgan fingerprint density at radius 2 is 1.88 bits per heavy atom. The van der Waals surface area contributed by atoms with Crippen molar-refractivity contribution in [3.63, 3.8) is 0 Å². The molecule has 1 aromatic heterocycles. The molecule has 0 unspecified atom stereocenters. The molecule has 1 atom stereocenters. The minimum absolute atomic E-state index is 0.0400. The molecule has 26 heavy (non-hydrogen) atoms. The van der Waals surface area contributed by atoms with Crippen LogP contribution in [-0.2, 0) is 19.9 Å². The summed E-state index contributed by atoms with van der Waals surface area (Å²) in [5.74, 6) is 0.181. The summed E-state index contributed by atoms with van der Waals surface area (Å²) >= 11 is 0. The molecule has 3 N–H and O–H groups in total. The second-order valence-electron chi connectivity index (χ2n) is 7.78. The van der Waals surface area contributed by atoms with Crippen molar-refractivity contribution in [2.75, 3.05) is 6.61 Å². The molecule has 2 rings (SSSR count). The zero-order chi connectivity index (χ0) is 19.3. The second kappa shape index (κ2) is 8.65. The number of aliphatic hydroxyl groups excluding tert-OH is 1. The number of aliphatic hydroxyl groups is 1. The van der Waals surface area contributed by atoms with E-state index in [9.17, 15) is 9.90 Å². The summed E-state index contributed by atoms with van der Waals surface area (Å²) in [6.45, 7) is 6.04. The van der Waals surface area contributed by atoms with Crippen molar-refractivity contribution in [3.05, 3.63) is 58.4 Å². The van der Waals surface area contributed by atoms with E-state index in [0.717, 1.165) is 30.7 Å². The fraction of sp³-hybridized carbons (Fsp3) is 0.500. The molecule has 0 aliphatic carbocycles. The van der Waals surface area contributed by atoms with E-state index >= 15 is 0 Å². The number of hydrogen-bond acceptors (Lipinski definition) is 3. The maximum atomic E-state index is 12.6. The van der Waals surface area contributed by atoms with Gasteiger partial charge in [0.2, 0.25) is 0 Å². The summed E-state index contributed by atoms with van der Waals surface area (Å²) in [5.41, 5.74) is 11.1. The van der Waals surface area contributed by atoms with Crippen LogP contribution in [0.5, 0.6) is 0 Å². The molecule has 4 nitrogen and oxygen atoms in total. The lowest BCUT2D eigenvalue weighted by Crippen LogP contribution is -2.40. The van der Waals surface area contributed by atoms with Crippen LogP contribution in [0.25, 0.3) is 0 Å². The van der Waals surface area contributed by atoms with Crippen LogP contribution in [0.15, 0.2) is 30.3 Å². The molecule has 0 aliphatic rings. The molecule has 0 radical (unpaired) electrons. The van der Waals surface area contributed by atoms with E-state index in [-0.39, 0.29) is 12.4 Å². The lowest BCUT2D eigenvalue weighted by Gasteiger charge is -2.21. The van der Waals surface area contributed by atoms with Crippen LogP contribution in [0.4, 0.5) is 0 Å². The van der Waals surface area contributed by atoms with Crippen molar-refractivity contribution in [1.29, 1.82) is 0 Å². The Bertz CT molecular complexity index is 759. The highest BCUT2D eigenvalue weighted by atomic mass is 16.3. The average molecular weight is 357 g/mol. The highest BCUT2D eigenvalue weighted by Crippen LogP contribution is 2.17. The number of nitrogens with zero attached hydrogens (tertiary/aromatic N) is 1. The minimum atomic E-state index is -0.583. The lowest BCUT2D eigenvalue weighted by molar-refractivity contribution is 0.0972. The van der Waals surface area contributed by atoms with Crippen molar-refractivity contribution in [1.82, 2.24) is 4.57 Å². The van der Waals surface area contributed by atoms with E-state index in [4.69, 9.17) is 5.73 Å². The fourth-order valence-electron chi connectivity index (χ4n) is 3.12. The van der Waals surface area contributed by atoms with Crippen LogP contribution in [-0.4, -0.2) is 27.6 Å². The molecule has 0 saturated heterocycles. The van der Waals surface area contributed by atoms with Crippen LogP contribution in [0, 0.1) is 13.8 Å². The molecule has 0 aliphatic heterocycles. The highest BCUT2D eigenvalue weighted by Gasteiger charge is 2.19. The summed E-state index contributed by atoms with van der Waals surface area (Å²) < 4.78 is 1.96. The maximum absolute atomic E-state index is 12.6. The molecular weight excluding hydrogens is 324 g/mol. The number of rotatable bonds is 9. The number of Topliss-reactive ketones (excluding diaryl/α,β-unsaturated/α-hetero) is 1. The summed E-state index contributed by atoms with van der Waals surface area (Å²) in [4.78, 5) is 12.6. The second-order valence-corrected chi connectivity index (χ2v) is 7.78. The van der Waals surface area contributed by atoms with Gasteiger partial charge in [-0.15, -0.1) is 0 Å². The average Bonchev–Trinajstić information content (AvgIpc) is 2.97. The summed E-state index contributed by atoms with van der Waals surface area (Å²) in [6.07, 6.45) is 3.76. The molecule has 0 fully saturated rings. The Hall–Kier alpha value is -1.91. The van der Waals surface area contributed by atoms with Gasteiger partial charge in [0.15, 0.2) is 5.78 Å². The summed E-state index contributed by atoms with van der Waals surface area (Å²) in [6, 6.07) is 10.4. The van der Waals surface area contributed by atoms with Crippen molar-refractivity contribution >= 4 is 5.78 Å². The van der Waals surface area contributed by atoms with Crippen molar-refractivity contribution in [2.24, 2.45) is 12.8 Å². The van der Waals surface area contributed by atoms with Gasteiger partial charge >= 0.3 is 0 Å². The minimum Gasteiger partial charge on any atom is -0.394 e. The molecule has 0 bridgehead atoms. The third kappa shape index (κ3) is 5.29. The van der Waals surface area contributed by atoms with Crippen LogP contribution in [0.2, 0.25) is 0 Å². The first kappa shape index (κ1) is 20.4. The largest absolute Gasteiger partial charge is 0.394 e. The van der Waals surface area contributed by atoms with Crippen molar-refractivity contribution in [2.45, 2.75) is 58.4 Å². The number of aryl methyl sites for hydroxylation is 4. The highest BCUT2D eigenvalue weighted by molar-refractivity contribution is 5.94. The van der Waals surface area contributed by atoms with Gasteiger partial charge in [-0.25, -0.2) is 0 Å². The molecule has 0 saturated carbocycles. The number of benzene rings is 1. The first-order valence-corrected chi connectivity index (χ1v) is 9.37. The maximum Gasteiger partial charge on any atom is 0.179 e. The Balaban J connectivity index is 1.90. The van der Waals surface area contributed by atoms with Gasteiger partial charge in [0.05, 0.1) is 12.3 Å². The van der Waals surface area contributed by atoms with Gasteiger partial charge in [-0.1, -0.05) is 18.2 Å². The number of nitrogens with two attached hydrogens (primary N) is 1. The van der Waals surface area contributed by atoms with Gasteiger partial charge in [-0.2, -0.15) is 0 Å². The van der Waals surface area contributed by atoms with Gasteiger partial charge in [0, 0.05) is 24.7 Å². The Morgan fingerprint density at radius 1 is 1.15 bits per heavy atom. The first-order chi connectivity index (χ1) is 12.2. The van der Waals surface area contributed by atoms with Crippen molar-refractivity contribution in [3.8, 4) is 0 Å². The lowest BCUT2D eigenvalue weighted by atomic mass is 9.97. The standard InChI is InChI=1S/C22H32N2O2/c1-16-8-9-18(14-17(16)2)6-5-7-21(26)20-11-10-19(24(20)4)12-13-22(3,23)15-25/h8-11,14,25H,5-7,12-13,15,23H2,1-4H3/t22-/m1/s1. The van der Waals surface area contributed by atoms with E-state index in [1.807, 2.05) is 30.7 Å². The predicted octanol–water partition coefficient (Wildman–Crippen LogP) is 3.49. The quantitative estimate of drug-likeness (QED) is 0.676. The predicted molar refractivity (Wildman–Crippen MR) is 107 cm³/mol. The SMILES string of the molecule is Cc1ccc(CCCC(=O)c2ccc(CC[C@@](C)(N)CO)n2C)cc1C. The molecule has 0 amide bonds. The normalized spacial score (nSPS) is 13.6. The molecule has 0 spiro atoms. The van der Waals surface area contributed by atoms with Gasteiger partial charge in [0.25, 0.3) is 0 Å². The molecular formula is C22H32N2O2. The van der Waals surface area contributed by atoms with E-state index in [1.165, 1.54) is 16.7 Å². The van der Waals surface area contributed by atoms with E-state index in [0.29, 0.717) is 12.8 Å². The van der Waals surface area contributed by atoms with Gasteiger partial charge in [-0.05, 0) is 75.3 Å². The number of aromatic nitrogens is 1. The van der Waals surface area contributed by atoms with Crippen LogP contribution in [0.3, 0.4) is 0 Å². The number of ketones is 1. The number of hydrogen-bond donors (Lipinski definition) is 2. The monoisotopic (exact) mass is 356 g/mol. The topological polar surface area (TPSA) is 68.2 Å². The van der Waals surface area contributed by atoms with Crippen LogP contribution in [0.1, 0.15) is 59.1 Å². The van der Waals surface area contributed by atoms with E-state index in [1.54, 1.807) is 0 Å². The zero-order valence-corrected chi connectivity index (χ0v) is 16.5. The Labute approximate surface area is 157 Å². The Kier molecular flexibility index (Phi) is 6.79. The molecule has 2 aromatic rings. The summed E-state index contributed by atoms with van der Waals surface area (Å²) in [7, 11) is 1.93. The number of carbonyl (C=O) groups is 1. The fourth-order valence-corrected chi connectivity index (χ4v) is 3.12. The first-order valence-electron chi connectivity index (χ1n) is 9.37. The number of carbonyl (C=O) groups excluding carboxylic acids is 1. The molecule has 142 valence electrons. The van der Waals surface area contributed by atoms with E-state index in [2.05, 4.69) is 32.0 Å². The summed E-state index contributed by atoms with van der Waals surface area (Å²) in [5, 5.41) is 9.27. The van der Waals surface area contributed by atoms with Gasteiger partial charge in [-0.3, -0.25) is 4.79 Å². The molecule has 1 aromatic carbocycles.